The van der Waals surface area contributed by atoms with Crippen molar-refractivity contribution in [2.75, 3.05) is 14.2 Å². The summed E-state index contributed by atoms with van der Waals surface area (Å²) in [6, 6.07) is 11.2. The molecule has 2 N–H and O–H groups in total. The van der Waals surface area contributed by atoms with Crippen LogP contribution in [0.2, 0.25) is 0 Å². The number of aryl methyl sites for hydroxylation is 1. The largest absolute Gasteiger partial charge is 0.493 e. The third-order valence-corrected chi connectivity index (χ3v) is 4.85. The number of benzene rings is 2. The summed E-state index contributed by atoms with van der Waals surface area (Å²) in [5.74, 6) is 0.352. The maximum absolute atomic E-state index is 12.4. The zero-order valence-electron chi connectivity index (χ0n) is 14.5. The topological polar surface area (TPSA) is 89.0 Å². The molecule has 0 aliphatic carbocycles. The number of nitrogens with zero attached hydrogens (tertiary/aromatic N) is 1. The van der Waals surface area contributed by atoms with E-state index in [1.807, 2.05) is 6.92 Å². The number of hydrogen-bond acceptors (Lipinski definition) is 6. The molecule has 0 aliphatic heterocycles. The Morgan fingerprint density at radius 1 is 1.15 bits per heavy atom. The molecule has 2 rings (SSSR count). The summed E-state index contributed by atoms with van der Waals surface area (Å²) in [6.07, 6.45) is 1.52. The Kier molecular flexibility index (Phi) is 6.53. The Morgan fingerprint density at radius 3 is 2.46 bits per heavy atom. The number of hydrazone groups is 1. The molecule has 7 nitrogen and oxygen atoms in total. The smallest absolute Gasteiger partial charge is 0.339 e. The van der Waals surface area contributed by atoms with Gasteiger partial charge in [0.15, 0.2) is 16.6 Å². The van der Waals surface area contributed by atoms with Gasteiger partial charge in [0.2, 0.25) is 0 Å². The lowest BCUT2D eigenvalue weighted by Crippen LogP contribution is -2.28. The van der Waals surface area contributed by atoms with Crippen LogP contribution in [0.5, 0.6) is 11.5 Å². The molecule has 0 saturated carbocycles. The minimum Gasteiger partial charge on any atom is -0.493 e. The number of thiocarbonyl (C=S) groups is 1. The van der Waals surface area contributed by atoms with Gasteiger partial charge in [0, 0.05) is 7.05 Å². The van der Waals surface area contributed by atoms with E-state index in [0.29, 0.717) is 10.7 Å². The summed E-state index contributed by atoms with van der Waals surface area (Å²) in [5, 5.41) is 7.05. The summed E-state index contributed by atoms with van der Waals surface area (Å²) in [6.45, 7) is 1.87. The molecule has 0 spiro atoms. The Morgan fingerprint density at radius 2 is 1.85 bits per heavy atom. The molecule has 0 aliphatic rings. The maximum atomic E-state index is 12.4. The molecule has 2 aromatic carbocycles. The van der Waals surface area contributed by atoms with Crippen molar-refractivity contribution in [3.05, 3.63) is 53.6 Å². The fraction of sp³-hybridized carbons (Fsp3) is 0.176. The molecular weight excluding hydrogens is 374 g/mol. The first-order valence-electron chi connectivity index (χ1n) is 7.55. The number of ether oxygens (including phenoxy) is 1. The van der Waals surface area contributed by atoms with E-state index in [1.54, 1.807) is 31.3 Å². The Labute approximate surface area is 158 Å². The van der Waals surface area contributed by atoms with E-state index in [9.17, 15) is 8.42 Å². The highest BCUT2D eigenvalue weighted by molar-refractivity contribution is 7.87. The molecule has 2 aromatic rings. The highest BCUT2D eigenvalue weighted by Gasteiger charge is 2.19. The average Bonchev–Trinajstić information content (AvgIpc) is 2.62. The van der Waals surface area contributed by atoms with Gasteiger partial charge in [-0.2, -0.15) is 13.5 Å². The number of methoxy groups -OCH3 is 1. The lowest BCUT2D eigenvalue weighted by molar-refractivity contribution is 0.390. The van der Waals surface area contributed by atoms with Gasteiger partial charge in [0.1, 0.15) is 4.90 Å². The fourth-order valence-corrected chi connectivity index (χ4v) is 2.92. The van der Waals surface area contributed by atoms with Crippen molar-refractivity contribution in [3.63, 3.8) is 0 Å². The van der Waals surface area contributed by atoms with Crippen molar-refractivity contribution < 1.29 is 17.3 Å². The van der Waals surface area contributed by atoms with Crippen LogP contribution in [-0.4, -0.2) is 33.9 Å². The zero-order chi connectivity index (χ0) is 19.2. The summed E-state index contributed by atoms with van der Waals surface area (Å²) in [7, 11) is -0.857. The Hall–Kier alpha value is -2.65. The summed E-state index contributed by atoms with van der Waals surface area (Å²) in [4.78, 5) is 0.0700. The van der Waals surface area contributed by atoms with Crippen LogP contribution in [0.4, 0.5) is 0 Å². The SMILES string of the molecule is CNC(=S)N/N=C/c1ccc(OS(=O)(=O)c2ccc(C)cc2)c(OC)c1. The van der Waals surface area contributed by atoms with E-state index < -0.39 is 10.1 Å². The van der Waals surface area contributed by atoms with Crippen molar-refractivity contribution >= 4 is 33.7 Å². The van der Waals surface area contributed by atoms with Crippen molar-refractivity contribution in [2.45, 2.75) is 11.8 Å². The molecule has 0 unspecified atom stereocenters. The molecule has 9 heteroatoms. The third-order valence-electron chi connectivity index (χ3n) is 3.30. The zero-order valence-corrected chi connectivity index (χ0v) is 16.1. The molecule has 0 heterocycles. The number of nitrogens with one attached hydrogen (secondary N) is 2. The van der Waals surface area contributed by atoms with Crippen molar-refractivity contribution in [1.29, 1.82) is 0 Å². The van der Waals surface area contributed by atoms with Gasteiger partial charge in [-0.15, -0.1) is 0 Å². The fourth-order valence-electron chi connectivity index (χ4n) is 1.93. The average molecular weight is 393 g/mol. The normalized spacial score (nSPS) is 11.2. The summed E-state index contributed by atoms with van der Waals surface area (Å²) in [5.41, 5.74) is 4.25. The predicted octanol–water partition coefficient (Wildman–Crippen LogP) is 2.20. The van der Waals surface area contributed by atoms with Crippen LogP contribution >= 0.6 is 12.2 Å². The van der Waals surface area contributed by atoms with Gasteiger partial charge in [-0.25, -0.2) is 0 Å². The van der Waals surface area contributed by atoms with Gasteiger partial charge >= 0.3 is 10.1 Å². The second-order valence-electron chi connectivity index (χ2n) is 5.21. The molecule has 0 saturated heterocycles. The first kappa shape index (κ1) is 19.7. The van der Waals surface area contributed by atoms with Crippen LogP contribution in [0.25, 0.3) is 0 Å². The lowest BCUT2D eigenvalue weighted by atomic mass is 10.2. The van der Waals surface area contributed by atoms with Crippen molar-refractivity contribution in [1.82, 2.24) is 10.7 Å². The van der Waals surface area contributed by atoms with Crippen LogP contribution in [0.15, 0.2) is 52.5 Å². The van der Waals surface area contributed by atoms with Gasteiger partial charge < -0.3 is 14.2 Å². The van der Waals surface area contributed by atoms with E-state index >= 15 is 0 Å². The monoisotopic (exact) mass is 393 g/mol. The minimum absolute atomic E-state index is 0.0700. The second kappa shape index (κ2) is 8.63. The van der Waals surface area contributed by atoms with E-state index in [1.165, 1.54) is 31.5 Å². The Balaban J connectivity index is 2.21. The quantitative estimate of drug-likeness (QED) is 0.337. The lowest BCUT2D eigenvalue weighted by Gasteiger charge is -2.11. The summed E-state index contributed by atoms with van der Waals surface area (Å²) >= 11 is 4.91. The third kappa shape index (κ3) is 5.17. The van der Waals surface area contributed by atoms with E-state index in [4.69, 9.17) is 21.1 Å². The van der Waals surface area contributed by atoms with Crippen molar-refractivity contribution in [2.24, 2.45) is 5.10 Å². The van der Waals surface area contributed by atoms with Crippen LogP contribution < -0.4 is 19.7 Å². The molecule has 0 amide bonds. The second-order valence-corrected chi connectivity index (χ2v) is 7.16. The molecule has 0 atom stereocenters. The van der Waals surface area contributed by atoms with Crippen molar-refractivity contribution in [3.8, 4) is 11.5 Å². The van der Waals surface area contributed by atoms with E-state index in [2.05, 4.69) is 15.8 Å². The van der Waals surface area contributed by atoms with Crippen LogP contribution in [0.1, 0.15) is 11.1 Å². The van der Waals surface area contributed by atoms with Crippen LogP contribution in [0.3, 0.4) is 0 Å². The highest BCUT2D eigenvalue weighted by atomic mass is 32.2. The molecule has 0 radical (unpaired) electrons. The van der Waals surface area contributed by atoms with Gasteiger partial charge in [0.05, 0.1) is 13.3 Å². The number of rotatable bonds is 6. The first-order valence-corrected chi connectivity index (χ1v) is 9.37. The van der Waals surface area contributed by atoms with E-state index in [0.717, 1.165) is 5.56 Å². The molecular formula is C17H19N3O4S2. The molecule has 26 heavy (non-hydrogen) atoms. The van der Waals surface area contributed by atoms with Gasteiger partial charge in [-0.05, 0) is 55.0 Å². The molecule has 0 fully saturated rings. The predicted molar refractivity (Wildman–Crippen MR) is 104 cm³/mol. The first-order chi connectivity index (χ1) is 12.4. The molecule has 0 aromatic heterocycles. The van der Waals surface area contributed by atoms with Crippen LogP contribution in [0, 0.1) is 6.92 Å². The van der Waals surface area contributed by atoms with Gasteiger partial charge in [-0.1, -0.05) is 17.7 Å². The molecule has 138 valence electrons. The van der Waals surface area contributed by atoms with Gasteiger partial charge in [0.25, 0.3) is 0 Å². The van der Waals surface area contributed by atoms with Crippen LogP contribution in [-0.2, 0) is 10.1 Å². The Bertz CT molecular complexity index is 910. The maximum Gasteiger partial charge on any atom is 0.339 e. The number of hydrogen-bond donors (Lipinski definition) is 2. The highest BCUT2D eigenvalue weighted by Crippen LogP contribution is 2.30. The van der Waals surface area contributed by atoms with E-state index in [-0.39, 0.29) is 16.4 Å². The summed E-state index contributed by atoms with van der Waals surface area (Å²) < 4.78 is 35.3. The standard InChI is InChI=1S/C17H19N3O4S2/c1-12-4-7-14(8-5-12)26(21,22)24-15-9-6-13(10-16(15)23-3)11-19-20-17(25)18-2/h4-11H,1-3H3,(H2,18,20,25)/b19-11+. The molecule has 0 bridgehead atoms. The van der Waals surface area contributed by atoms with Gasteiger partial charge in [-0.3, -0.25) is 5.43 Å². The minimum atomic E-state index is -3.96.